The first-order chi connectivity index (χ1) is 13.0. The summed E-state index contributed by atoms with van der Waals surface area (Å²) in [6.45, 7) is 6.38. The smallest absolute Gasteiger partial charge is 0.0991 e. The predicted octanol–water partition coefficient (Wildman–Crippen LogP) is 5.33. The van der Waals surface area contributed by atoms with Gasteiger partial charge in [0.05, 0.1) is 23.5 Å². The van der Waals surface area contributed by atoms with Gasteiger partial charge in [-0.15, -0.1) is 11.3 Å². The van der Waals surface area contributed by atoms with Gasteiger partial charge in [-0.1, -0.05) is 38.5 Å². The number of rotatable bonds is 10. The van der Waals surface area contributed by atoms with E-state index in [1.54, 1.807) is 16.2 Å². The Morgan fingerprint density at radius 1 is 1.41 bits per heavy atom. The van der Waals surface area contributed by atoms with Crippen molar-refractivity contribution in [3.8, 4) is 16.5 Å². The first-order valence-electron chi connectivity index (χ1n) is 9.20. The van der Waals surface area contributed by atoms with Crippen molar-refractivity contribution in [2.24, 2.45) is 0 Å². The molecule has 4 nitrogen and oxygen atoms in total. The molecule has 0 radical (unpaired) electrons. The number of thiophene rings is 1. The third kappa shape index (κ3) is 4.85. The Kier molecular flexibility index (Phi) is 7.35. The Morgan fingerprint density at radius 3 is 2.81 bits per heavy atom. The molecular formula is C22H28N4S. The average Bonchev–Trinajstić information content (AvgIpc) is 3.21. The summed E-state index contributed by atoms with van der Waals surface area (Å²) in [5, 5.41) is 20.2. The van der Waals surface area contributed by atoms with Crippen molar-refractivity contribution in [3.63, 3.8) is 0 Å². The second kappa shape index (κ2) is 9.50. The molecule has 5 heteroatoms. The van der Waals surface area contributed by atoms with Gasteiger partial charge in [0, 0.05) is 28.9 Å². The number of nitrogens with zero attached hydrogens (tertiary/aromatic N) is 2. The van der Waals surface area contributed by atoms with E-state index >= 15 is 0 Å². The van der Waals surface area contributed by atoms with Gasteiger partial charge in [0.25, 0.3) is 0 Å². The lowest BCUT2D eigenvalue weighted by Gasteiger charge is -2.35. The first kappa shape index (κ1) is 20.9. The van der Waals surface area contributed by atoms with Crippen molar-refractivity contribution in [1.29, 1.82) is 10.7 Å². The van der Waals surface area contributed by atoms with Gasteiger partial charge in [-0.05, 0) is 43.3 Å². The van der Waals surface area contributed by atoms with E-state index in [4.69, 9.17) is 10.7 Å². The summed E-state index contributed by atoms with van der Waals surface area (Å²) < 4.78 is 0. The van der Waals surface area contributed by atoms with Crippen molar-refractivity contribution in [3.05, 3.63) is 59.1 Å². The molecule has 1 aromatic carbocycles. The first-order valence-corrected chi connectivity index (χ1v) is 10.0. The van der Waals surface area contributed by atoms with Crippen LogP contribution in [0, 0.1) is 16.7 Å². The van der Waals surface area contributed by atoms with Crippen LogP contribution in [0.15, 0.2) is 48.7 Å². The van der Waals surface area contributed by atoms with E-state index < -0.39 is 0 Å². The van der Waals surface area contributed by atoms with Crippen LogP contribution in [0.4, 0.5) is 0 Å². The number of nitriles is 1. The highest BCUT2D eigenvalue weighted by Gasteiger charge is 2.33. The Balaban J connectivity index is 2.40. The van der Waals surface area contributed by atoms with Crippen LogP contribution in [0.1, 0.15) is 43.0 Å². The number of hydrogen-bond donors (Lipinski definition) is 2. The quantitative estimate of drug-likeness (QED) is 0.432. The van der Waals surface area contributed by atoms with Gasteiger partial charge < -0.3 is 10.2 Å². The third-order valence-electron chi connectivity index (χ3n) is 4.99. The standard InChI is InChI=1S/C22H28N4S/c1-5-6-12-22(25-3,14-17(2)26(4)16-24)21-11-10-20(27-21)19-9-7-8-18(13-19)15-23/h7-11,13,16,24-25H,2,5-6,12,14H2,1,3-4H3/t22-/m0/s1. The minimum atomic E-state index is -0.208. The molecule has 0 saturated carbocycles. The van der Waals surface area contributed by atoms with Crippen LogP contribution in [0.2, 0.25) is 0 Å². The van der Waals surface area contributed by atoms with Gasteiger partial charge in [-0.2, -0.15) is 5.26 Å². The molecule has 0 aliphatic carbocycles. The van der Waals surface area contributed by atoms with Gasteiger partial charge in [-0.25, -0.2) is 0 Å². The molecule has 0 aliphatic heterocycles. The highest BCUT2D eigenvalue weighted by Crippen LogP contribution is 2.40. The molecule has 0 unspecified atom stereocenters. The maximum absolute atomic E-state index is 9.16. The molecule has 0 saturated heterocycles. The third-order valence-corrected chi connectivity index (χ3v) is 6.33. The van der Waals surface area contributed by atoms with Gasteiger partial charge in [0.15, 0.2) is 0 Å². The molecule has 27 heavy (non-hydrogen) atoms. The summed E-state index contributed by atoms with van der Waals surface area (Å²) in [6.07, 6.45) is 5.28. The Labute approximate surface area is 166 Å². The van der Waals surface area contributed by atoms with E-state index in [-0.39, 0.29) is 5.54 Å². The molecule has 1 heterocycles. The lowest BCUT2D eigenvalue weighted by Crippen LogP contribution is -2.41. The zero-order valence-electron chi connectivity index (χ0n) is 16.4. The van der Waals surface area contributed by atoms with E-state index in [0.29, 0.717) is 5.56 Å². The maximum Gasteiger partial charge on any atom is 0.0991 e. The summed E-state index contributed by atoms with van der Waals surface area (Å²) >= 11 is 1.76. The van der Waals surface area contributed by atoms with Crippen molar-refractivity contribution in [2.45, 2.75) is 38.1 Å². The van der Waals surface area contributed by atoms with E-state index in [9.17, 15) is 0 Å². The van der Waals surface area contributed by atoms with Crippen LogP contribution >= 0.6 is 11.3 Å². The lowest BCUT2D eigenvalue weighted by atomic mass is 9.86. The summed E-state index contributed by atoms with van der Waals surface area (Å²) in [5.41, 5.74) is 2.45. The van der Waals surface area contributed by atoms with Crippen LogP contribution in [0.3, 0.4) is 0 Å². The molecule has 0 spiro atoms. The fourth-order valence-corrected chi connectivity index (χ4v) is 4.40. The highest BCUT2D eigenvalue weighted by atomic mass is 32.1. The second-order valence-corrected chi connectivity index (χ2v) is 7.86. The molecule has 0 aliphatic rings. The topological polar surface area (TPSA) is 62.9 Å². The lowest BCUT2D eigenvalue weighted by molar-refractivity contribution is 0.310. The Morgan fingerprint density at radius 2 is 2.19 bits per heavy atom. The molecule has 142 valence electrons. The van der Waals surface area contributed by atoms with Crippen molar-refractivity contribution in [2.75, 3.05) is 14.1 Å². The number of nitrogens with one attached hydrogen (secondary N) is 2. The molecule has 0 fully saturated rings. The second-order valence-electron chi connectivity index (χ2n) is 6.78. The minimum absolute atomic E-state index is 0.208. The summed E-state index contributed by atoms with van der Waals surface area (Å²) in [5.74, 6) is 0. The average molecular weight is 381 g/mol. The zero-order valence-corrected chi connectivity index (χ0v) is 17.2. The van der Waals surface area contributed by atoms with Gasteiger partial charge in [0.1, 0.15) is 0 Å². The summed E-state index contributed by atoms with van der Waals surface area (Å²) in [6, 6.07) is 14.3. The van der Waals surface area contributed by atoms with E-state index in [2.05, 4.69) is 37.0 Å². The Hall–Kier alpha value is -2.42. The normalized spacial score (nSPS) is 12.8. The fourth-order valence-electron chi connectivity index (χ4n) is 3.17. The van der Waals surface area contributed by atoms with Crippen LogP contribution < -0.4 is 5.32 Å². The summed E-state index contributed by atoms with van der Waals surface area (Å²) in [7, 11) is 3.87. The molecule has 0 amide bonds. The monoisotopic (exact) mass is 380 g/mol. The Bertz CT molecular complexity index is 833. The predicted molar refractivity (Wildman–Crippen MR) is 115 cm³/mol. The summed E-state index contributed by atoms with van der Waals surface area (Å²) in [4.78, 5) is 4.18. The van der Waals surface area contributed by atoms with Crippen LogP contribution in [-0.2, 0) is 5.54 Å². The molecule has 0 bridgehead atoms. The van der Waals surface area contributed by atoms with Crippen molar-refractivity contribution in [1.82, 2.24) is 10.2 Å². The van der Waals surface area contributed by atoms with Crippen molar-refractivity contribution < 1.29 is 0 Å². The van der Waals surface area contributed by atoms with E-state index in [0.717, 1.165) is 41.8 Å². The molecule has 2 aromatic rings. The largest absolute Gasteiger partial charge is 0.340 e. The van der Waals surface area contributed by atoms with Crippen LogP contribution in [0.25, 0.3) is 10.4 Å². The number of benzene rings is 1. The van der Waals surface area contributed by atoms with Crippen LogP contribution in [-0.4, -0.2) is 25.3 Å². The molecule has 1 atom stereocenters. The van der Waals surface area contributed by atoms with E-state index in [1.165, 1.54) is 11.2 Å². The highest BCUT2D eigenvalue weighted by molar-refractivity contribution is 7.15. The van der Waals surface area contributed by atoms with Gasteiger partial charge >= 0.3 is 0 Å². The maximum atomic E-state index is 9.16. The number of unbranched alkanes of at least 4 members (excludes halogenated alkanes) is 1. The van der Waals surface area contributed by atoms with Crippen molar-refractivity contribution >= 4 is 17.7 Å². The molecular weight excluding hydrogens is 352 g/mol. The SMILES string of the molecule is C=C(C[C@](CCCC)(NC)c1ccc(-c2cccc(C#N)c2)s1)N(C)C=N. The number of hydrogen-bond acceptors (Lipinski definition) is 4. The van der Waals surface area contributed by atoms with Crippen LogP contribution in [0.5, 0.6) is 0 Å². The van der Waals surface area contributed by atoms with Gasteiger partial charge in [0.2, 0.25) is 0 Å². The molecule has 2 rings (SSSR count). The fraction of sp³-hybridized carbons (Fsp3) is 0.364. The van der Waals surface area contributed by atoms with E-state index in [1.807, 2.05) is 38.4 Å². The minimum Gasteiger partial charge on any atom is -0.340 e. The zero-order chi connectivity index (χ0) is 19.9. The molecule has 2 N–H and O–H groups in total. The molecule has 1 aromatic heterocycles. The van der Waals surface area contributed by atoms with Gasteiger partial charge in [-0.3, -0.25) is 5.41 Å².